The van der Waals surface area contributed by atoms with Crippen molar-refractivity contribution in [3.8, 4) is 5.75 Å². The van der Waals surface area contributed by atoms with E-state index in [2.05, 4.69) is 5.32 Å². The highest BCUT2D eigenvalue weighted by molar-refractivity contribution is 7.80. The molecule has 1 N–H and O–H groups in total. The molecule has 0 aliphatic carbocycles. The van der Waals surface area contributed by atoms with Crippen LogP contribution in [0.4, 0.5) is 10.5 Å². The molecule has 1 aliphatic rings. The number of anilines is 1. The van der Waals surface area contributed by atoms with Crippen molar-refractivity contribution in [1.82, 2.24) is 4.90 Å². The highest BCUT2D eigenvalue weighted by Gasteiger charge is 2.18. The SMILES string of the molecule is COC(=S)Nc1cccc(OC(=O)N2CCCCC2)c1. The van der Waals surface area contributed by atoms with E-state index < -0.39 is 0 Å². The predicted octanol–water partition coefficient (Wildman–Crippen LogP) is 3.01. The van der Waals surface area contributed by atoms with E-state index in [1.54, 1.807) is 23.1 Å². The number of ether oxygens (including phenoxy) is 2. The molecule has 1 amide bonds. The summed E-state index contributed by atoms with van der Waals surface area (Å²) in [5, 5.41) is 3.16. The van der Waals surface area contributed by atoms with Crippen molar-refractivity contribution < 1.29 is 14.3 Å². The van der Waals surface area contributed by atoms with Crippen molar-refractivity contribution in [2.24, 2.45) is 0 Å². The van der Waals surface area contributed by atoms with Crippen LogP contribution in [0.3, 0.4) is 0 Å². The second kappa shape index (κ2) is 7.09. The molecule has 1 heterocycles. The van der Waals surface area contributed by atoms with Gasteiger partial charge in [-0.05, 0) is 43.6 Å². The molecular weight excluding hydrogens is 276 g/mol. The van der Waals surface area contributed by atoms with Gasteiger partial charge in [0.2, 0.25) is 0 Å². The lowest BCUT2D eigenvalue weighted by atomic mass is 10.1. The maximum absolute atomic E-state index is 12.0. The summed E-state index contributed by atoms with van der Waals surface area (Å²) in [6.45, 7) is 1.54. The molecule has 1 aromatic carbocycles. The first kappa shape index (κ1) is 14.6. The first-order chi connectivity index (χ1) is 9.69. The third-order valence-electron chi connectivity index (χ3n) is 3.09. The number of carbonyl (C=O) groups is 1. The topological polar surface area (TPSA) is 50.8 Å². The fourth-order valence-corrected chi connectivity index (χ4v) is 2.17. The number of methoxy groups -OCH3 is 1. The number of amides is 1. The molecule has 1 aliphatic heterocycles. The molecule has 0 radical (unpaired) electrons. The Labute approximate surface area is 123 Å². The molecule has 1 saturated heterocycles. The summed E-state index contributed by atoms with van der Waals surface area (Å²) in [5.41, 5.74) is 0.723. The number of nitrogens with zero attached hydrogens (tertiary/aromatic N) is 1. The number of hydrogen-bond donors (Lipinski definition) is 1. The Balaban J connectivity index is 1.96. The minimum Gasteiger partial charge on any atom is -0.474 e. The monoisotopic (exact) mass is 294 g/mol. The Morgan fingerprint density at radius 1 is 1.30 bits per heavy atom. The second-order valence-electron chi connectivity index (χ2n) is 4.56. The lowest BCUT2D eigenvalue weighted by Gasteiger charge is -2.25. The van der Waals surface area contributed by atoms with Gasteiger partial charge in [0, 0.05) is 24.8 Å². The highest BCUT2D eigenvalue weighted by atomic mass is 32.1. The number of carbonyl (C=O) groups excluding carboxylic acids is 1. The number of thiocarbonyl (C=S) groups is 1. The van der Waals surface area contributed by atoms with Gasteiger partial charge in [-0.2, -0.15) is 0 Å². The van der Waals surface area contributed by atoms with Crippen molar-refractivity contribution in [3.63, 3.8) is 0 Å². The van der Waals surface area contributed by atoms with E-state index in [0.717, 1.165) is 31.6 Å². The normalized spacial score (nSPS) is 14.6. The molecule has 0 aromatic heterocycles. The largest absolute Gasteiger partial charge is 0.474 e. The minimum absolute atomic E-state index is 0.268. The van der Waals surface area contributed by atoms with E-state index in [1.165, 1.54) is 13.5 Å². The molecule has 108 valence electrons. The summed E-state index contributed by atoms with van der Waals surface area (Å²) < 4.78 is 10.2. The third kappa shape index (κ3) is 4.09. The van der Waals surface area contributed by atoms with E-state index in [0.29, 0.717) is 5.75 Å². The van der Waals surface area contributed by atoms with Gasteiger partial charge in [-0.3, -0.25) is 0 Å². The van der Waals surface area contributed by atoms with Gasteiger partial charge in [-0.25, -0.2) is 4.79 Å². The van der Waals surface area contributed by atoms with Crippen molar-refractivity contribution in [2.75, 3.05) is 25.5 Å². The average Bonchev–Trinajstić information content (AvgIpc) is 2.48. The zero-order valence-electron chi connectivity index (χ0n) is 11.4. The molecule has 0 spiro atoms. The van der Waals surface area contributed by atoms with Crippen LogP contribution in [0.25, 0.3) is 0 Å². The summed E-state index contributed by atoms with van der Waals surface area (Å²) in [4.78, 5) is 13.7. The molecule has 6 heteroatoms. The Kier molecular flexibility index (Phi) is 5.17. The van der Waals surface area contributed by atoms with Gasteiger partial charge in [0.1, 0.15) is 5.75 Å². The van der Waals surface area contributed by atoms with E-state index in [1.807, 2.05) is 6.07 Å². The smallest absolute Gasteiger partial charge is 0.415 e. The maximum atomic E-state index is 12.0. The van der Waals surface area contributed by atoms with Crippen molar-refractivity contribution >= 4 is 29.2 Å². The molecule has 0 saturated carbocycles. The third-order valence-corrected chi connectivity index (χ3v) is 3.35. The molecular formula is C14H18N2O3S. The Morgan fingerprint density at radius 3 is 2.75 bits per heavy atom. The van der Waals surface area contributed by atoms with Crippen LogP contribution in [0.15, 0.2) is 24.3 Å². The summed E-state index contributed by atoms with van der Waals surface area (Å²) in [7, 11) is 1.50. The van der Waals surface area contributed by atoms with Crippen LogP contribution in [0, 0.1) is 0 Å². The maximum Gasteiger partial charge on any atom is 0.415 e. The highest BCUT2D eigenvalue weighted by Crippen LogP contribution is 2.19. The molecule has 0 atom stereocenters. The van der Waals surface area contributed by atoms with Crippen LogP contribution in [-0.2, 0) is 4.74 Å². The first-order valence-corrected chi connectivity index (χ1v) is 7.01. The van der Waals surface area contributed by atoms with Crippen LogP contribution in [0.5, 0.6) is 5.75 Å². The van der Waals surface area contributed by atoms with E-state index in [9.17, 15) is 4.79 Å². The number of piperidine rings is 1. The number of rotatable bonds is 2. The summed E-state index contributed by atoms with van der Waals surface area (Å²) in [5.74, 6) is 0.490. The summed E-state index contributed by atoms with van der Waals surface area (Å²) >= 11 is 4.92. The Bertz CT molecular complexity index is 487. The van der Waals surface area contributed by atoms with Gasteiger partial charge >= 0.3 is 6.09 Å². The Hall–Kier alpha value is -1.82. The fourth-order valence-electron chi connectivity index (χ4n) is 2.05. The fraction of sp³-hybridized carbons (Fsp3) is 0.429. The van der Waals surface area contributed by atoms with E-state index in [4.69, 9.17) is 21.7 Å². The van der Waals surface area contributed by atoms with Gasteiger partial charge in [-0.1, -0.05) is 6.07 Å². The zero-order valence-corrected chi connectivity index (χ0v) is 12.2. The number of benzene rings is 1. The standard InChI is InChI=1S/C14H18N2O3S/c1-18-13(20)15-11-6-5-7-12(10-11)19-14(17)16-8-3-2-4-9-16/h5-7,10H,2-4,8-9H2,1H3,(H,15,20). The zero-order chi connectivity index (χ0) is 14.4. The van der Waals surface area contributed by atoms with Crippen LogP contribution in [-0.4, -0.2) is 36.4 Å². The van der Waals surface area contributed by atoms with Crippen LogP contribution in [0.1, 0.15) is 19.3 Å². The molecule has 20 heavy (non-hydrogen) atoms. The predicted molar refractivity (Wildman–Crippen MR) is 81.1 cm³/mol. The first-order valence-electron chi connectivity index (χ1n) is 6.61. The minimum atomic E-state index is -0.295. The molecule has 0 unspecified atom stereocenters. The van der Waals surface area contributed by atoms with Gasteiger partial charge < -0.3 is 19.7 Å². The van der Waals surface area contributed by atoms with Gasteiger partial charge in [-0.15, -0.1) is 0 Å². The quantitative estimate of drug-likeness (QED) is 0.850. The summed E-state index contributed by atoms with van der Waals surface area (Å²) in [6.07, 6.45) is 2.96. The lowest BCUT2D eigenvalue weighted by Crippen LogP contribution is -2.37. The van der Waals surface area contributed by atoms with Gasteiger partial charge in [0.15, 0.2) is 0 Å². The van der Waals surface area contributed by atoms with E-state index in [-0.39, 0.29) is 11.3 Å². The Morgan fingerprint density at radius 2 is 2.05 bits per heavy atom. The van der Waals surface area contributed by atoms with Crippen molar-refractivity contribution in [1.29, 1.82) is 0 Å². The lowest BCUT2D eigenvalue weighted by molar-refractivity contribution is 0.142. The molecule has 5 nitrogen and oxygen atoms in total. The van der Waals surface area contributed by atoms with Crippen molar-refractivity contribution in [2.45, 2.75) is 19.3 Å². The average molecular weight is 294 g/mol. The number of likely N-dealkylation sites (tertiary alicyclic amines) is 1. The van der Waals surface area contributed by atoms with Crippen LogP contribution in [0.2, 0.25) is 0 Å². The number of hydrogen-bond acceptors (Lipinski definition) is 4. The van der Waals surface area contributed by atoms with Crippen LogP contribution < -0.4 is 10.1 Å². The molecule has 1 aromatic rings. The molecule has 2 rings (SSSR count). The number of nitrogens with one attached hydrogen (secondary N) is 1. The van der Waals surface area contributed by atoms with Crippen LogP contribution >= 0.6 is 12.2 Å². The summed E-state index contributed by atoms with van der Waals surface area (Å²) in [6, 6.07) is 7.07. The van der Waals surface area contributed by atoms with Gasteiger partial charge in [0.25, 0.3) is 5.17 Å². The molecule has 0 bridgehead atoms. The molecule has 1 fully saturated rings. The second-order valence-corrected chi connectivity index (χ2v) is 4.93. The van der Waals surface area contributed by atoms with Gasteiger partial charge in [0.05, 0.1) is 7.11 Å². The van der Waals surface area contributed by atoms with Crippen molar-refractivity contribution in [3.05, 3.63) is 24.3 Å². The van der Waals surface area contributed by atoms with E-state index >= 15 is 0 Å².